The van der Waals surface area contributed by atoms with Crippen LogP contribution in [0.25, 0.3) is 0 Å². The average molecular weight is 201 g/mol. The van der Waals surface area contributed by atoms with Gasteiger partial charge in [-0.3, -0.25) is 4.79 Å². The van der Waals surface area contributed by atoms with E-state index in [4.69, 9.17) is 6.42 Å². The Morgan fingerprint density at radius 2 is 2.20 bits per heavy atom. The van der Waals surface area contributed by atoms with Crippen molar-refractivity contribution in [1.29, 1.82) is 0 Å². The Balaban J connectivity index is 2.86. The van der Waals surface area contributed by atoms with Gasteiger partial charge in [0.1, 0.15) is 0 Å². The highest BCUT2D eigenvalue weighted by molar-refractivity contribution is 5.98. The topological polar surface area (TPSA) is 29.1 Å². The van der Waals surface area contributed by atoms with Crippen LogP contribution in [0.2, 0.25) is 0 Å². The summed E-state index contributed by atoms with van der Waals surface area (Å²) in [6.45, 7) is 0.861. The number of hydrogen-bond donors (Lipinski definition) is 1. The van der Waals surface area contributed by atoms with Crippen molar-refractivity contribution in [3.8, 4) is 12.3 Å². The highest BCUT2D eigenvalue weighted by atomic mass is 16.1. The smallest absolute Gasteiger partial charge is 0.174 e. The van der Waals surface area contributed by atoms with Gasteiger partial charge in [0.15, 0.2) is 5.78 Å². The molecule has 0 aromatic heterocycles. The molecule has 1 rings (SSSR count). The summed E-state index contributed by atoms with van der Waals surface area (Å²) in [6, 6.07) is 7.62. The Morgan fingerprint density at radius 3 is 2.87 bits per heavy atom. The predicted molar refractivity (Wildman–Crippen MR) is 61.9 cm³/mol. The second-order valence-electron chi connectivity index (χ2n) is 3.31. The van der Waals surface area contributed by atoms with Gasteiger partial charge in [0.05, 0.1) is 6.42 Å². The molecule has 0 unspecified atom stereocenters. The summed E-state index contributed by atoms with van der Waals surface area (Å²) in [4.78, 5) is 11.7. The van der Waals surface area contributed by atoms with E-state index in [1.54, 1.807) is 0 Å². The van der Waals surface area contributed by atoms with Crippen molar-refractivity contribution in [3.63, 3.8) is 0 Å². The van der Waals surface area contributed by atoms with Gasteiger partial charge in [-0.1, -0.05) is 30.2 Å². The molecule has 0 saturated carbocycles. The maximum absolute atomic E-state index is 11.7. The molecule has 1 N–H and O–H groups in total. The van der Waals surface area contributed by atoms with Gasteiger partial charge in [-0.15, -0.1) is 6.42 Å². The summed E-state index contributed by atoms with van der Waals surface area (Å²) in [5, 5.41) is 3.06. The van der Waals surface area contributed by atoms with Crippen LogP contribution in [-0.2, 0) is 6.42 Å². The first kappa shape index (κ1) is 11.5. The lowest BCUT2D eigenvalue weighted by Gasteiger charge is -2.06. The maximum atomic E-state index is 11.7. The molecule has 0 aliphatic rings. The number of nitrogens with one attached hydrogen (secondary N) is 1. The Bertz CT molecular complexity index is 376. The third-order valence-electron chi connectivity index (χ3n) is 2.22. The standard InChI is InChI=1S/C13H15NO/c1-3-6-13(15)12-8-5-4-7-11(12)9-10-14-2/h1,4-5,7-8,14H,6,9-10H2,2H3. The highest BCUT2D eigenvalue weighted by Gasteiger charge is 2.08. The van der Waals surface area contributed by atoms with Gasteiger partial charge in [0.25, 0.3) is 0 Å². The molecule has 0 heterocycles. The SMILES string of the molecule is C#CCC(=O)c1ccccc1CCNC. The van der Waals surface area contributed by atoms with E-state index in [1.807, 2.05) is 31.3 Å². The minimum absolute atomic E-state index is 0.0317. The van der Waals surface area contributed by atoms with Crippen molar-refractivity contribution in [1.82, 2.24) is 5.32 Å². The van der Waals surface area contributed by atoms with Gasteiger partial charge >= 0.3 is 0 Å². The van der Waals surface area contributed by atoms with Crippen LogP contribution in [0.3, 0.4) is 0 Å². The molecular formula is C13H15NO. The minimum Gasteiger partial charge on any atom is -0.319 e. The molecule has 2 heteroatoms. The molecule has 0 radical (unpaired) electrons. The fraction of sp³-hybridized carbons (Fsp3) is 0.308. The van der Waals surface area contributed by atoms with Gasteiger partial charge in [-0.25, -0.2) is 0 Å². The molecule has 0 aliphatic carbocycles. The third-order valence-corrected chi connectivity index (χ3v) is 2.22. The molecule has 0 fully saturated rings. The molecule has 0 saturated heterocycles. The Hall–Kier alpha value is -1.59. The number of likely N-dealkylation sites (N-methyl/N-ethyl adjacent to an activating group) is 1. The van der Waals surface area contributed by atoms with E-state index in [-0.39, 0.29) is 12.2 Å². The lowest BCUT2D eigenvalue weighted by Crippen LogP contribution is -2.13. The van der Waals surface area contributed by atoms with Crippen LogP contribution in [0.15, 0.2) is 24.3 Å². The van der Waals surface area contributed by atoms with Crippen LogP contribution in [0.4, 0.5) is 0 Å². The summed E-state index contributed by atoms with van der Waals surface area (Å²) in [5.74, 6) is 2.42. The zero-order chi connectivity index (χ0) is 11.1. The summed E-state index contributed by atoms with van der Waals surface area (Å²) in [7, 11) is 1.89. The van der Waals surface area contributed by atoms with Crippen LogP contribution in [0, 0.1) is 12.3 Å². The second kappa shape index (κ2) is 6.00. The quantitative estimate of drug-likeness (QED) is 0.580. The van der Waals surface area contributed by atoms with Gasteiger partial charge < -0.3 is 5.32 Å². The molecular weight excluding hydrogens is 186 g/mol. The summed E-state index contributed by atoms with van der Waals surface area (Å²) >= 11 is 0. The zero-order valence-electron chi connectivity index (χ0n) is 8.92. The fourth-order valence-corrected chi connectivity index (χ4v) is 1.46. The van der Waals surface area contributed by atoms with Crippen molar-refractivity contribution >= 4 is 5.78 Å². The second-order valence-corrected chi connectivity index (χ2v) is 3.31. The molecule has 0 aliphatic heterocycles. The number of rotatable bonds is 5. The van der Waals surface area contributed by atoms with Crippen LogP contribution in [0.1, 0.15) is 22.3 Å². The molecule has 0 amide bonds. The lowest BCUT2D eigenvalue weighted by atomic mass is 9.99. The van der Waals surface area contributed by atoms with Crippen LogP contribution in [0.5, 0.6) is 0 Å². The number of benzene rings is 1. The van der Waals surface area contributed by atoms with E-state index in [1.165, 1.54) is 0 Å². The zero-order valence-corrected chi connectivity index (χ0v) is 8.92. The van der Waals surface area contributed by atoms with E-state index in [0.717, 1.165) is 24.1 Å². The van der Waals surface area contributed by atoms with E-state index in [9.17, 15) is 4.79 Å². The molecule has 2 nitrogen and oxygen atoms in total. The van der Waals surface area contributed by atoms with Crippen molar-refractivity contribution < 1.29 is 4.79 Å². The molecule has 78 valence electrons. The largest absolute Gasteiger partial charge is 0.319 e. The third kappa shape index (κ3) is 3.23. The average Bonchev–Trinajstić information content (AvgIpc) is 2.27. The van der Waals surface area contributed by atoms with E-state index < -0.39 is 0 Å². The first-order chi connectivity index (χ1) is 7.29. The van der Waals surface area contributed by atoms with Gasteiger partial charge in [0, 0.05) is 5.56 Å². The minimum atomic E-state index is 0.0317. The van der Waals surface area contributed by atoms with Crippen molar-refractivity contribution in [2.45, 2.75) is 12.8 Å². The Morgan fingerprint density at radius 1 is 1.47 bits per heavy atom. The summed E-state index contributed by atoms with van der Waals surface area (Å²) < 4.78 is 0. The normalized spacial score (nSPS) is 9.60. The molecule has 1 aromatic rings. The monoisotopic (exact) mass is 201 g/mol. The first-order valence-corrected chi connectivity index (χ1v) is 4.98. The number of ketones is 1. The fourth-order valence-electron chi connectivity index (χ4n) is 1.46. The predicted octanol–water partition coefficient (Wildman–Crippen LogP) is 1.65. The number of carbonyl (C=O) groups excluding carboxylic acids is 1. The number of Topliss-reactive ketones (excluding diaryl/α,β-unsaturated/α-hetero) is 1. The van der Waals surface area contributed by atoms with Gasteiger partial charge in [-0.2, -0.15) is 0 Å². The van der Waals surface area contributed by atoms with E-state index in [0.29, 0.717) is 0 Å². The molecule has 0 bridgehead atoms. The van der Waals surface area contributed by atoms with Crippen molar-refractivity contribution in [2.24, 2.45) is 0 Å². The molecule has 0 atom stereocenters. The van der Waals surface area contributed by atoms with Crippen LogP contribution >= 0.6 is 0 Å². The number of hydrogen-bond acceptors (Lipinski definition) is 2. The molecule has 15 heavy (non-hydrogen) atoms. The summed E-state index contributed by atoms with van der Waals surface area (Å²) in [6.07, 6.45) is 6.16. The number of terminal acetylenes is 1. The van der Waals surface area contributed by atoms with Crippen molar-refractivity contribution in [3.05, 3.63) is 35.4 Å². The van der Waals surface area contributed by atoms with Crippen LogP contribution < -0.4 is 5.32 Å². The van der Waals surface area contributed by atoms with Crippen molar-refractivity contribution in [2.75, 3.05) is 13.6 Å². The first-order valence-electron chi connectivity index (χ1n) is 4.98. The van der Waals surface area contributed by atoms with Gasteiger partial charge in [0.2, 0.25) is 0 Å². The van der Waals surface area contributed by atoms with E-state index >= 15 is 0 Å². The lowest BCUT2D eigenvalue weighted by molar-refractivity contribution is 0.0997. The van der Waals surface area contributed by atoms with E-state index in [2.05, 4.69) is 11.2 Å². The van der Waals surface area contributed by atoms with Gasteiger partial charge in [-0.05, 0) is 25.6 Å². The summed E-state index contributed by atoms with van der Waals surface area (Å²) in [5.41, 5.74) is 1.82. The van der Waals surface area contributed by atoms with Crippen LogP contribution in [-0.4, -0.2) is 19.4 Å². The Labute approximate surface area is 90.7 Å². The number of carbonyl (C=O) groups is 1. The molecule has 1 aromatic carbocycles. The Kier molecular flexibility index (Phi) is 4.59. The molecule has 0 spiro atoms. The highest BCUT2D eigenvalue weighted by Crippen LogP contribution is 2.11. The maximum Gasteiger partial charge on any atom is 0.174 e.